The molecule has 0 amide bonds. The van der Waals surface area contributed by atoms with Crippen LogP contribution >= 0.6 is 0 Å². The molecule has 0 spiro atoms. The molecule has 3 N–H and O–H groups in total. The first-order valence-electron chi connectivity index (χ1n) is 7.35. The average molecular weight is 312 g/mol. The number of hydrogen-bond donors (Lipinski definition) is 2. The Hall–Kier alpha value is -0.950. The molecule has 0 aromatic heterocycles. The van der Waals surface area contributed by atoms with E-state index >= 15 is 0 Å². The van der Waals surface area contributed by atoms with Crippen molar-refractivity contribution in [3.8, 4) is 0 Å². The minimum Gasteiger partial charge on any atom is -0.374 e. The van der Waals surface area contributed by atoms with Crippen LogP contribution in [0.1, 0.15) is 44.7 Å². The summed E-state index contributed by atoms with van der Waals surface area (Å²) in [5, 5.41) is 0. The lowest BCUT2D eigenvalue weighted by atomic mass is 10.0. The van der Waals surface area contributed by atoms with Crippen LogP contribution in [0.15, 0.2) is 29.2 Å². The van der Waals surface area contributed by atoms with E-state index in [0.717, 1.165) is 24.8 Å². The molecule has 0 saturated carbocycles. The van der Waals surface area contributed by atoms with E-state index in [4.69, 9.17) is 10.5 Å². The number of ether oxygens (including phenoxy) is 1. The lowest BCUT2D eigenvalue weighted by Gasteiger charge is -2.23. The lowest BCUT2D eigenvalue weighted by molar-refractivity contribution is 0.0250. The Morgan fingerprint density at radius 3 is 2.86 bits per heavy atom. The zero-order valence-electron chi connectivity index (χ0n) is 12.6. The Kier molecular flexibility index (Phi) is 5.03. The Bertz CT molecular complexity index is 580. The highest BCUT2D eigenvalue weighted by Crippen LogP contribution is 2.25. The van der Waals surface area contributed by atoms with Gasteiger partial charge in [0, 0.05) is 19.2 Å². The summed E-state index contributed by atoms with van der Waals surface area (Å²) in [6.07, 6.45) is 2.61. The van der Waals surface area contributed by atoms with Gasteiger partial charge in [0.1, 0.15) is 0 Å². The maximum atomic E-state index is 12.4. The largest absolute Gasteiger partial charge is 0.374 e. The Balaban J connectivity index is 2.12. The minimum absolute atomic E-state index is 0.143. The third-order valence-electron chi connectivity index (χ3n) is 3.97. The van der Waals surface area contributed by atoms with Gasteiger partial charge in [0.2, 0.25) is 10.0 Å². The van der Waals surface area contributed by atoms with Crippen LogP contribution in [0.5, 0.6) is 0 Å². The number of rotatable bonds is 6. The van der Waals surface area contributed by atoms with Gasteiger partial charge in [0.15, 0.2) is 0 Å². The third-order valence-corrected chi connectivity index (χ3v) is 5.37. The second kappa shape index (κ2) is 6.44. The van der Waals surface area contributed by atoms with E-state index in [2.05, 4.69) is 4.72 Å². The van der Waals surface area contributed by atoms with Crippen molar-refractivity contribution >= 4 is 10.0 Å². The van der Waals surface area contributed by atoms with Gasteiger partial charge < -0.3 is 10.5 Å². The predicted octanol–water partition coefficient (Wildman–Crippen LogP) is 1.94. The van der Waals surface area contributed by atoms with Crippen molar-refractivity contribution in [2.24, 2.45) is 5.73 Å². The number of nitrogens with two attached hydrogens (primary N) is 1. The van der Waals surface area contributed by atoms with Crippen LogP contribution in [-0.4, -0.2) is 27.2 Å². The fourth-order valence-corrected chi connectivity index (χ4v) is 3.67. The molecule has 1 saturated heterocycles. The second-order valence-corrected chi connectivity index (χ2v) is 7.58. The SMILES string of the molecule is CCC(N)c1cccc(S(=O)(=O)NCC2(C)CCCO2)c1. The molecule has 118 valence electrons. The van der Waals surface area contributed by atoms with Gasteiger partial charge in [-0.3, -0.25) is 0 Å². The zero-order chi connectivity index (χ0) is 15.5. The van der Waals surface area contributed by atoms with E-state index in [-0.39, 0.29) is 10.9 Å². The smallest absolute Gasteiger partial charge is 0.240 e. The average Bonchev–Trinajstić information content (AvgIpc) is 2.92. The topological polar surface area (TPSA) is 81.4 Å². The molecule has 1 aromatic rings. The number of benzene rings is 1. The Morgan fingerprint density at radius 1 is 1.48 bits per heavy atom. The molecule has 0 radical (unpaired) electrons. The van der Waals surface area contributed by atoms with Crippen molar-refractivity contribution < 1.29 is 13.2 Å². The van der Waals surface area contributed by atoms with Gasteiger partial charge in [-0.2, -0.15) is 0 Å². The van der Waals surface area contributed by atoms with Crippen LogP contribution in [0.3, 0.4) is 0 Å². The number of nitrogens with one attached hydrogen (secondary N) is 1. The van der Waals surface area contributed by atoms with Crippen molar-refractivity contribution in [2.45, 2.75) is 49.6 Å². The van der Waals surface area contributed by atoms with E-state index in [1.165, 1.54) is 0 Å². The molecule has 1 fully saturated rings. The second-order valence-electron chi connectivity index (χ2n) is 5.81. The maximum absolute atomic E-state index is 12.4. The van der Waals surface area contributed by atoms with Crippen LogP contribution < -0.4 is 10.5 Å². The standard InChI is InChI=1S/C15H24N2O3S/c1-3-14(16)12-6-4-7-13(10-12)21(18,19)17-11-15(2)8-5-9-20-15/h4,6-7,10,14,17H,3,5,8-9,11,16H2,1-2H3. The number of hydrogen-bond acceptors (Lipinski definition) is 4. The molecule has 0 aliphatic carbocycles. The predicted molar refractivity (Wildman–Crippen MR) is 82.4 cm³/mol. The molecule has 2 unspecified atom stereocenters. The van der Waals surface area contributed by atoms with E-state index in [1.807, 2.05) is 19.9 Å². The fourth-order valence-electron chi connectivity index (χ4n) is 2.46. The van der Waals surface area contributed by atoms with Gasteiger partial charge in [-0.1, -0.05) is 19.1 Å². The van der Waals surface area contributed by atoms with E-state index in [0.29, 0.717) is 13.2 Å². The molecule has 1 aliphatic heterocycles. The van der Waals surface area contributed by atoms with Crippen LogP contribution in [-0.2, 0) is 14.8 Å². The summed E-state index contributed by atoms with van der Waals surface area (Å²) in [4.78, 5) is 0.255. The molecule has 21 heavy (non-hydrogen) atoms. The van der Waals surface area contributed by atoms with Gasteiger partial charge in [-0.25, -0.2) is 13.1 Å². The van der Waals surface area contributed by atoms with Gasteiger partial charge >= 0.3 is 0 Å². The summed E-state index contributed by atoms with van der Waals surface area (Å²) in [5.41, 5.74) is 6.40. The summed E-state index contributed by atoms with van der Waals surface area (Å²) in [7, 11) is -3.54. The molecule has 6 heteroatoms. The van der Waals surface area contributed by atoms with Gasteiger partial charge in [-0.15, -0.1) is 0 Å². The molecule has 0 bridgehead atoms. The molecule has 5 nitrogen and oxygen atoms in total. The molecule has 2 rings (SSSR count). The summed E-state index contributed by atoms with van der Waals surface area (Å²) in [6.45, 7) is 4.90. The molecule has 1 aromatic carbocycles. The van der Waals surface area contributed by atoms with E-state index in [1.54, 1.807) is 18.2 Å². The van der Waals surface area contributed by atoms with Gasteiger partial charge in [-0.05, 0) is 43.9 Å². The van der Waals surface area contributed by atoms with Crippen molar-refractivity contribution in [1.82, 2.24) is 4.72 Å². The highest BCUT2D eigenvalue weighted by atomic mass is 32.2. The van der Waals surface area contributed by atoms with Crippen LogP contribution in [0.2, 0.25) is 0 Å². The van der Waals surface area contributed by atoms with Crippen molar-refractivity contribution in [3.63, 3.8) is 0 Å². The normalized spacial score (nSPS) is 24.1. The first-order chi connectivity index (χ1) is 9.86. The quantitative estimate of drug-likeness (QED) is 0.841. The summed E-state index contributed by atoms with van der Waals surface area (Å²) in [6, 6.07) is 6.68. The molecular weight excluding hydrogens is 288 g/mol. The molecular formula is C15H24N2O3S. The highest BCUT2D eigenvalue weighted by Gasteiger charge is 2.31. The van der Waals surface area contributed by atoms with E-state index in [9.17, 15) is 8.42 Å². The summed E-state index contributed by atoms with van der Waals surface area (Å²) < 4.78 is 33.0. The van der Waals surface area contributed by atoms with Gasteiger partial charge in [0.05, 0.1) is 10.5 Å². The molecule has 1 aliphatic rings. The monoisotopic (exact) mass is 312 g/mol. The van der Waals surface area contributed by atoms with Crippen molar-refractivity contribution in [2.75, 3.05) is 13.2 Å². The van der Waals surface area contributed by atoms with Crippen molar-refractivity contribution in [1.29, 1.82) is 0 Å². The lowest BCUT2D eigenvalue weighted by Crippen LogP contribution is -2.40. The first-order valence-corrected chi connectivity index (χ1v) is 8.84. The summed E-state index contributed by atoms with van der Waals surface area (Å²) in [5.74, 6) is 0. The minimum atomic E-state index is -3.54. The van der Waals surface area contributed by atoms with Crippen LogP contribution in [0.4, 0.5) is 0 Å². The number of sulfonamides is 1. The van der Waals surface area contributed by atoms with Crippen LogP contribution in [0, 0.1) is 0 Å². The Morgan fingerprint density at radius 2 is 2.24 bits per heavy atom. The van der Waals surface area contributed by atoms with Crippen molar-refractivity contribution in [3.05, 3.63) is 29.8 Å². The maximum Gasteiger partial charge on any atom is 0.240 e. The third kappa shape index (κ3) is 4.03. The molecule has 1 heterocycles. The zero-order valence-corrected chi connectivity index (χ0v) is 13.4. The van der Waals surface area contributed by atoms with E-state index < -0.39 is 15.6 Å². The highest BCUT2D eigenvalue weighted by molar-refractivity contribution is 7.89. The summed E-state index contributed by atoms with van der Waals surface area (Å²) >= 11 is 0. The van der Waals surface area contributed by atoms with Gasteiger partial charge in [0.25, 0.3) is 0 Å². The van der Waals surface area contributed by atoms with Crippen LogP contribution in [0.25, 0.3) is 0 Å². The molecule has 2 atom stereocenters. The Labute approximate surface area is 126 Å². The first kappa shape index (κ1) is 16.4. The fraction of sp³-hybridized carbons (Fsp3) is 0.600.